The van der Waals surface area contributed by atoms with Crippen molar-refractivity contribution in [3.63, 3.8) is 0 Å². The minimum Gasteiger partial charge on any atom is -1.00 e. The van der Waals surface area contributed by atoms with Crippen LogP contribution in [0.5, 0.6) is 5.88 Å². The number of rotatable bonds is 4. The van der Waals surface area contributed by atoms with E-state index in [0.29, 0.717) is 22.5 Å². The minimum absolute atomic E-state index is 0. The second kappa shape index (κ2) is 9.38. The summed E-state index contributed by atoms with van der Waals surface area (Å²) in [4.78, 5) is 14.3. The zero-order valence-corrected chi connectivity index (χ0v) is 13.1. The lowest BCUT2D eigenvalue weighted by Gasteiger charge is -2.04. The van der Waals surface area contributed by atoms with Gasteiger partial charge < -0.3 is 40.0 Å². The lowest BCUT2D eigenvalue weighted by molar-refractivity contribution is -0.430. The molecular weight excluding hydrogens is 347 g/mol. The van der Waals surface area contributed by atoms with Crippen LogP contribution >= 0.6 is 15.9 Å². The van der Waals surface area contributed by atoms with E-state index in [1.54, 1.807) is 12.3 Å². The molecule has 0 bridgehead atoms. The van der Waals surface area contributed by atoms with Crippen LogP contribution in [0.25, 0.3) is 0 Å². The van der Waals surface area contributed by atoms with E-state index in [0.717, 1.165) is 0 Å². The first-order chi connectivity index (χ1) is 7.54. The molecule has 0 amide bonds. The van der Waals surface area contributed by atoms with Crippen molar-refractivity contribution in [2.24, 2.45) is 0 Å². The summed E-state index contributed by atoms with van der Waals surface area (Å²) in [7, 11) is 1.34. The Hall–Kier alpha value is -0.560. The van der Waals surface area contributed by atoms with Crippen molar-refractivity contribution in [3.8, 4) is 5.88 Å². The molecule has 1 atom stereocenters. The molecule has 0 saturated heterocycles. The molecule has 5 nitrogen and oxygen atoms in total. The van der Waals surface area contributed by atoms with Crippen molar-refractivity contribution in [1.29, 1.82) is 0 Å². The molecule has 1 aromatic heterocycles. The second-order valence-electron chi connectivity index (χ2n) is 3.47. The molecule has 0 saturated carbocycles. The first kappa shape index (κ1) is 19.8. The van der Waals surface area contributed by atoms with Crippen LogP contribution in [-0.4, -0.2) is 25.7 Å². The highest BCUT2D eigenvalue weighted by Gasteiger charge is 2.16. The maximum Gasteiger partial charge on any atom is 0.367 e. The third-order valence-electron chi connectivity index (χ3n) is 1.80. The summed E-state index contributed by atoms with van der Waals surface area (Å²) >= 11 is 3.25. The van der Waals surface area contributed by atoms with Gasteiger partial charge in [0.2, 0.25) is 0 Å². The molecule has 0 aliphatic carbocycles. The van der Waals surface area contributed by atoms with E-state index in [9.17, 15) is 4.79 Å². The van der Waals surface area contributed by atoms with Gasteiger partial charge in [-0.3, -0.25) is 0 Å². The summed E-state index contributed by atoms with van der Waals surface area (Å²) < 4.78 is 10.7. The van der Waals surface area contributed by atoms with Gasteiger partial charge in [-0.2, -0.15) is 4.98 Å². The van der Waals surface area contributed by atoms with Crippen LogP contribution in [0, 0.1) is 0 Å². The predicted molar refractivity (Wildman–Crippen MR) is 59.9 cm³/mol. The predicted octanol–water partition coefficient (Wildman–Crippen LogP) is -5.93. The maximum absolute atomic E-state index is 11.4. The molecule has 0 radical (unpaired) electrons. The number of carbonyl (C=O) groups excluding carboxylic acids is 1. The van der Waals surface area contributed by atoms with Crippen molar-refractivity contribution >= 4 is 21.9 Å². The van der Waals surface area contributed by atoms with Gasteiger partial charge in [-0.25, -0.2) is 4.79 Å². The summed E-state index contributed by atoms with van der Waals surface area (Å²) in [6.07, 6.45) is 1.63. The standard InChI is InChI=1S/C10H13BrN2O3.2ClH/c1-6(12)5-16-9-3-7(10(14)15-2)8(11)4-13-9;;/h3-4,6H,5,12H2,1-2H3;2*1H/t6-;;/m0../s1. The van der Waals surface area contributed by atoms with Crippen molar-refractivity contribution < 1.29 is 49.8 Å². The highest BCUT2D eigenvalue weighted by molar-refractivity contribution is 9.10. The SMILES string of the molecule is COC(=O)c1cc(OC[C@H](C)[NH3+])[nH+]cc1Br.[Cl-].[Cl-]. The molecular formula is C10H15BrCl2N2O3. The van der Waals surface area contributed by atoms with Gasteiger partial charge in [-0.1, -0.05) is 0 Å². The number of hydrogen-bond donors (Lipinski definition) is 1. The summed E-state index contributed by atoms with van der Waals surface area (Å²) in [6.45, 7) is 2.43. The molecule has 0 spiro atoms. The first-order valence-electron chi connectivity index (χ1n) is 4.80. The van der Waals surface area contributed by atoms with Crippen LogP contribution in [-0.2, 0) is 4.74 Å². The molecule has 104 valence electrons. The number of halogens is 3. The van der Waals surface area contributed by atoms with Crippen LogP contribution in [0.3, 0.4) is 0 Å². The normalized spacial score (nSPS) is 10.7. The molecule has 4 N–H and O–H groups in total. The molecule has 0 unspecified atom stereocenters. The number of pyridine rings is 1. The lowest BCUT2D eigenvalue weighted by atomic mass is 10.3. The average molecular weight is 362 g/mol. The number of aromatic amines is 1. The molecule has 0 aliphatic rings. The number of carbonyl (C=O) groups is 1. The molecule has 18 heavy (non-hydrogen) atoms. The Morgan fingerprint density at radius 3 is 2.67 bits per heavy atom. The van der Waals surface area contributed by atoms with Gasteiger partial charge in [0.05, 0.1) is 23.2 Å². The Morgan fingerprint density at radius 1 is 1.56 bits per heavy atom. The monoisotopic (exact) mass is 360 g/mol. The van der Waals surface area contributed by atoms with Gasteiger partial charge in [0.1, 0.15) is 12.6 Å². The number of hydrogen-bond acceptors (Lipinski definition) is 3. The van der Waals surface area contributed by atoms with Gasteiger partial charge in [-0.15, -0.1) is 0 Å². The van der Waals surface area contributed by atoms with Crippen molar-refractivity contribution in [3.05, 3.63) is 22.3 Å². The van der Waals surface area contributed by atoms with Crippen molar-refractivity contribution in [2.75, 3.05) is 13.7 Å². The van der Waals surface area contributed by atoms with E-state index in [-0.39, 0.29) is 30.9 Å². The average Bonchev–Trinajstić information content (AvgIpc) is 2.27. The van der Waals surface area contributed by atoms with Crippen molar-refractivity contribution in [2.45, 2.75) is 13.0 Å². The number of aromatic nitrogens is 1. The highest BCUT2D eigenvalue weighted by Crippen LogP contribution is 2.18. The number of H-pyrrole nitrogens is 1. The largest absolute Gasteiger partial charge is 1.00 e. The zero-order chi connectivity index (χ0) is 12.1. The number of nitrogens with one attached hydrogen (secondary N) is 1. The van der Waals surface area contributed by atoms with E-state index < -0.39 is 5.97 Å². The van der Waals surface area contributed by atoms with Gasteiger partial charge >= 0.3 is 11.8 Å². The van der Waals surface area contributed by atoms with Crippen LogP contribution in [0.4, 0.5) is 0 Å². The molecule has 8 heteroatoms. The molecule has 0 fully saturated rings. The summed E-state index contributed by atoms with van der Waals surface area (Å²) in [5, 5.41) is 0. The maximum atomic E-state index is 11.4. The number of ether oxygens (including phenoxy) is 2. The van der Waals surface area contributed by atoms with E-state index in [1.807, 2.05) is 6.92 Å². The van der Waals surface area contributed by atoms with E-state index in [1.165, 1.54) is 7.11 Å². The van der Waals surface area contributed by atoms with Crippen molar-refractivity contribution in [1.82, 2.24) is 0 Å². The number of methoxy groups -OCH3 is 1. The molecule has 1 rings (SSSR count). The quantitative estimate of drug-likeness (QED) is 0.542. The highest BCUT2D eigenvalue weighted by atomic mass is 79.9. The van der Waals surface area contributed by atoms with E-state index in [2.05, 4.69) is 31.4 Å². The molecule has 0 aliphatic heterocycles. The topological polar surface area (TPSA) is 77.3 Å². The van der Waals surface area contributed by atoms with Crippen LogP contribution in [0.15, 0.2) is 16.7 Å². The zero-order valence-electron chi connectivity index (χ0n) is 10.0. The van der Waals surface area contributed by atoms with Gasteiger partial charge in [0, 0.05) is 0 Å². The first-order valence-corrected chi connectivity index (χ1v) is 5.59. The van der Waals surface area contributed by atoms with E-state index >= 15 is 0 Å². The van der Waals surface area contributed by atoms with Gasteiger partial charge in [-0.05, 0) is 22.9 Å². The van der Waals surface area contributed by atoms with Gasteiger partial charge in [0.15, 0.2) is 6.20 Å². The minimum atomic E-state index is -0.409. The Labute approximate surface area is 126 Å². The fourth-order valence-corrected chi connectivity index (χ4v) is 1.43. The second-order valence-corrected chi connectivity index (χ2v) is 4.32. The summed E-state index contributed by atoms with van der Waals surface area (Å²) in [5.41, 5.74) is 4.23. The third kappa shape index (κ3) is 5.86. The Kier molecular flexibility index (Phi) is 10.3. The van der Waals surface area contributed by atoms with E-state index in [4.69, 9.17) is 4.74 Å². The molecule has 1 heterocycles. The molecule has 1 aromatic rings. The fourth-order valence-electron chi connectivity index (χ4n) is 1.04. The Bertz CT molecular complexity index is 391. The smallest absolute Gasteiger partial charge is 0.367 e. The lowest BCUT2D eigenvalue weighted by Crippen LogP contribution is -3.00. The van der Waals surface area contributed by atoms with Crippen LogP contribution < -0.4 is 40.3 Å². The Balaban J connectivity index is 0. The van der Waals surface area contributed by atoms with Crippen LogP contribution in [0.1, 0.15) is 17.3 Å². The summed E-state index contributed by atoms with van der Waals surface area (Å²) in [5.74, 6) is 0.104. The number of esters is 1. The Morgan fingerprint density at radius 2 is 2.17 bits per heavy atom. The van der Waals surface area contributed by atoms with Gasteiger partial charge in [0.25, 0.3) is 0 Å². The number of quaternary nitrogens is 1. The molecule has 0 aromatic carbocycles. The van der Waals surface area contributed by atoms with Crippen LogP contribution in [0.2, 0.25) is 0 Å². The third-order valence-corrected chi connectivity index (χ3v) is 2.46. The summed E-state index contributed by atoms with van der Waals surface area (Å²) in [6, 6.07) is 1.77. The fraction of sp³-hybridized carbons (Fsp3) is 0.400.